The molecule has 3 rings (SSSR count). The van der Waals surface area contributed by atoms with Gasteiger partial charge in [0.15, 0.2) is 0 Å². The molecule has 1 aromatic rings. The second-order valence-electron chi connectivity index (χ2n) is 4.79. The van der Waals surface area contributed by atoms with E-state index in [4.69, 9.17) is 0 Å². The number of para-hydroxylation sites is 2. The standard InChI is InChI=1S/C12H18N4O2S/c17-19(18)14-11-3-1-2-4-12(11)16(19)10-9-15-7-5-13-6-8-15/h1-4,13-14H,5-10H2. The number of hydrogen-bond donors (Lipinski definition) is 2. The van der Waals surface area contributed by atoms with Crippen molar-refractivity contribution in [3.8, 4) is 0 Å². The first-order valence-electron chi connectivity index (χ1n) is 6.49. The molecule has 0 atom stereocenters. The van der Waals surface area contributed by atoms with Gasteiger partial charge in [0.1, 0.15) is 0 Å². The van der Waals surface area contributed by atoms with Crippen LogP contribution in [0.1, 0.15) is 0 Å². The topological polar surface area (TPSA) is 64.7 Å². The van der Waals surface area contributed by atoms with Crippen molar-refractivity contribution in [3.63, 3.8) is 0 Å². The summed E-state index contributed by atoms with van der Waals surface area (Å²) in [4.78, 5) is 2.28. The minimum atomic E-state index is -3.41. The Hall–Kier alpha value is -1.31. The van der Waals surface area contributed by atoms with Crippen LogP contribution in [0.15, 0.2) is 24.3 Å². The highest BCUT2D eigenvalue weighted by Crippen LogP contribution is 2.34. The number of benzene rings is 1. The summed E-state index contributed by atoms with van der Waals surface area (Å²) in [5, 5.41) is 3.29. The van der Waals surface area contributed by atoms with Crippen LogP contribution in [-0.2, 0) is 10.2 Å². The van der Waals surface area contributed by atoms with Gasteiger partial charge in [0.25, 0.3) is 0 Å². The van der Waals surface area contributed by atoms with E-state index in [1.54, 1.807) is 6.07 Å². The molecule has 0 spiro atoms. The van der Waals surface area contributed by atoms with Crippen LogP contribution in [0.3, 0.4) is 0 Å². The third-order valence-corrected chi connectivity index (χ3v) is 4.97. The zero-order valence-electron chi connectivity index (χ0n) is 10.7. The van der Waals surface area contributed by atoms with Crippen LogP contribution in [0.2, 0.25) is 0 Å². The minimum absolute atomic E-state index is 0.492. The summed E-state index contributed by atoms with van der Waals surface area (Å²) in [6, 6.07) is 7.32. The monoisotopic (exact) mass is 282 g/mol. The predicted octanol–water partition coefficient (Wildman–Crippen LogP) is 0.0685. The van der Waals surface area contributed by atoms with Gasteiger partial charge >= 0.3 is 10.2 Å². The lowest BCUT2D eigenvalue weighted by Crippen LogP contribution is -2.46. The highest BCUT2D eigenvalue weighted by atomic mass is 32.2. The van der Waals surface area contributed by atoms with E-state index in [1.165, 1.54) is 4.31 Å². The zero-order valence-corrected chi connectivity index (χ0v) is 11.5. The van der Waals surface area contributed by atoms with Gasteiger partial charge in [-0.1, -0.05) is 12.1 Å². The van der Waals surface area contributed by atoms with Gasteiger partial charge in [0.2, 0.25) is 0 Å². The molecule has 2 heterocycles. The Morgan fingerprint density at radius 1 is 1.11 bits per heavy atom. The first kappa shape index (κ1) is 12.7. The van der Waals surface area contributed by atoms with Gasteiger partial charge in [-0.3, -0.25) is 13.9 Å². The van der Waals surface area contributed by atoms with Crippen LogP contribution in [0.25, 0.3) is 0 Å². The van der Waals surface area contributed by atoms with Gasteiger partial charge in [0.05, 0.1) is 11.4 Å². The Balaban J connectivity index is 1.72. The van der Waals surface area contributed by atoms with Crippen molar-refractivity contribution < 1.29 is 8.42 Å². The van der Waals surface area contributed by atoms with Gasteiger partial charge < -0.3 is 5.32 Å². The van der Waals surface area contributed by atoms with E-state index < -0.39 is 10.2 Å². The third kappa shape index (κ3) is 2.54. The van der Waals surface area contributed by atoms with Gasteiger partial charge in [0, 0.05) is 39.3 Å². The maximum Gasteiger partial charge on any atom is 0.324 e. The smallest absolute Gasteiger partial charge is 0.314 e. The Morgan fingerprint density at radius 2 is 1.84 bits per heavy atom. The first-order chi connectivity index (χ1) is 9.17. The van der Waals surface area contributed by atoms with Crippen LogP contribution < -0.4 is 14.3 Å². The van der Waals surface area contributed by atoms with Crippen LogP contribution in [-0.4, -0.2) is 52.6 Å². The second kappa shape index (κ2) is 4.99. The molecule has 6 nitrogen and oxygen atoms in total. The molecular weight excluding hydrogens is 264 g/mol. The molecule has 0 bridgehead atoms. The normalized spacial score (nSPS) is 22.0. The fraction of sp³-hybridized carbons (Fsp3) is 0.500. The number of piperazine rings is 1. The molecule has 0 aromatic heterocycles. The van der Waals surface area contributed by atoms with Crippen molar-refractivity contribution in [3.05, 3.63) is 24.3 Å². The number of nitrogens with zero attached hydrogens (tertiary/aromatic N) is 2. The number of hydrogen-bond acceptors (Lipinski definition) is 4. The molecule has 2 aliphatic rings. The highest BCUT2D eigenvalue weighted by molar-refractivity contribution is 7.94. The molecule has 0 radical (unpaired) electrons. The van der Waals surface area contributed by atoms with Gasteiger partial charge in [-0.15, -0.1) is 0 Å². The molecule has 0 saturated carbocycles. The maximum atomic E-state index is 12.1. The molecule has 104 valence electrons. The fourth-order valence-electron chi connectivity index (χ4n) is 2.51. The van der Waals surface area contributed by atoms with E-state index in [0.29, 0.717) is 12.2 Å². The van der Waals surface area contributed by atoms with E-state index in [9.17, 15) is 8.42 Å². The van der Waals surface area contributed by atoms with Crippen molar-refractivity contribution in [2.45, 2.75) is 0 Å². The third-order valence-electron chi connectivity index (χ3n) is 3.53. The molecular formula is C12H18N4O2S. The Kier molecular flexibility index (Phi) is 3.34. The molecule has 2 aliphatic heterocycles. The molecule has 0 aliphatic carbocycles. The predicted molar refractivity (Wildman–Crippen MR) is 75.6 cm³/mol. The SMILES string of the molecule is O=S1(=O)Nc2ccccc2N1CCN1CCNCC1. The molecule has 0 amide bonds. The van der Waals surface area contributed by atoms with E-state index in [1.807, 2.05) is 18.2 Å². The highest BCUT2D eigenvalue weighted by Gasteiger charge is 2.32. The lowest BCUT2D eigenvalue weighted by molar-refractivity contribution is 0.248. The number of anilines is 2. The van der Waals surface area contributed by atoms with Crippen molar-refractivity contribution >= 4 is 21.6 Å². The van der Waals surface area contributed by atoms with E-state index in [0.717, 1.165) is 38.4 Å². The molecule has 0 unspecified atom stereocenters. The lowest BCUT2D eigenvalue weighted by atomic mass is 10.2. The van der Waals surface area contributed by atoms with Crippen molar-refractivity contribution in [2.24, 2.45) is 0 Å². The fourth-order valence-corrected chi connectivity index (χ4v) is 3.81. The Morgan fingerprint density at radius 3 is 2.63 bits per heavy atom. The maximum absolute atomic E-state index is 12.1. The van der Waals surface area contributed by atoms with Crippen LogP contribution in [0, 0.1) is 0 Å². The van der Waals surface area contributed by atoms with E-state index >= 15 is 0 Å². The van der Waals surface area contributed by atoms with Gasteiger partial charge in [-0.25, -0.2) is 0 Å². The van der Waals surface area contributed by atoms with E-state index in [2.05, 4.69) is 14.9 Å². The average Bonchev–Trinajstić information content (AvgIpc) is 2.67. The summed E-state index contributed by atoms with van der Waals surface area (Å²) < 4.78 is 28.2. The largest absolute Gasteiger partial charge is 0.324 e. The quantitative estimate of drug-likeness (QED) is 0.823. The molecule has 1 aromatic carbocycles. The summed E-state index contributed by atoms with van der Waals surface area (Å²) in [5.41, 5.74) is 1.42. The van der Waals surface area contributed by atoms with Crippen molar-refractivity contribution in [1.29, 1.82) is 0 Å². The Bertz CT molecular complexity index is 555. The van der Waals surface area contributed by atoms with Crippen molar-refractivity contribution in [2.75, 3.05) is 48.3 Å². The van der Waals surface area contributed by atoms with E-state index in [-0.39, 0.29) is 0 Å². The lowest BCUT2D eigenvalue weighted by Gasteiger charge is -2.28. The summed E-state index contributed by atoms with van der Waals surface area (Å²) in [7, 11) is -3.41. The first-order valence-corrected chi connectivity index (χ1v) is 7.93. The summed E-state index contributed by atoms with van der Waals surface area (Å²) in [6.07, 6.45) is 0. The minimum Gasteiger partial charge on any atom is -0.314 e. The molecule has 2 N–H and O–H groups in total. The summed E-state index contributed by atoms with van der Waals surface area (Å²) in [6.45, 7) is 5.15. The number of nitrogens with one attached hydrogen (secondary N) is 2. The molecule has 1 fully saturated rings. The number of rotatable bonds is 3. The molecule has 7 heteroatoms. The van der Waals surface area contributed by atoms with Crippen LogP contribution in [0.5, 0.6) is 0 Å². The number of fused-ring (bicyclic) bond motifs is 1. The van der Waals surface area contributed by atoms with Crippen LogP contribution >= 0.6 is 0 Å². The second-order valence-corrected chi connectivity index (χ2v) is 6.38. The summed E-state index contributed by atoms with van der Waals surface area (Å²) >= 11 is 0. The van der Waals surface area contributed by atoms with Crippen molar-refractivity contribution in [1.82, 2.24) is 10.2 Å². The van der Waals surface area contributed by atoms with Crippen LogP contribution in [0.4, 0.5) is 11.4 Å². The molecule has 19 heavy (non-hydrogen) atoms. The zero-order chi connectivity index (χ0) is 13.3. The van der Waals surface area contributed by atoms with Gasteiger partial charge in [-0.2, -0.15) is 8.42 Å². The molecule has 1 saturated heterocycles. The summed E-state index contributed by atoms with van der Waals surface area (Å²) in [5.74, 6) is 0. The Labute approximate surface area is 113 Å². The van der Waals surface area contributed by atoms with Gasteiger partial charge in [-0.05, 0) is 12.1 Å². The average molecular weight is 282 g/mol.